The summed E-state index contributed by atoms with van der Waals surface area (Å²) in [5.41, 5.74) is 6.31. The van der Waals surface area contributed by atoms with Gasteiger partial charge in [0.15, 0.2) is 0 Å². The number of likely N-dealkylation sites (N-methyl/N-ethyl adjacent to an activating group) is 1. The Kier molecular flexibility index (Phi) is 4.06. The molecule has 0 aliphatic rings. The van der Waals surface area contributed by atoms with Crippen molar-refractivity contribution >= 4 is 0 Å². The van der Waals surface area contributed by atoms with Crippen LogP contribution < -0.4 is 5.73 Å². The molecule has 0 aliphatic heterocycles. The van der Waals surface area contributed by atoms with Crippen molar-refractivity contribution in [2.75, 3.05) is 13.6 Å². The van der Waals surface area contributed by atoms with Gasteiger partial charge in [-0.3, -0.25) is 9.58 Å². The summed E-state index contributed by atoms with van der Waals surface area (Å²) in [5, 5.41) is 7.97. The topological polar surface area (TPSA) is 77.8 Å². The summed E-state index contributed by atoms with van der Waals surface area (Å²) >= 11 is 0. The highest BCUT2D eigenvalue weighted by atomic mass is 15.4. The molecule has 0 unspecified atom stereocenters. The van der Waals surface area contributed by atoms with E-state index < -0.39 is 0 Å². The molecule has 0 aromatic carbocycles. The molecule has 0 spiro atoms. The zero-order valence-corrected chi connectivity index (χ0v) is 10.8. The lowest BCUT2D eigenvalue weighted by atomic mass is 10.4. The van der Waals surface area contributed by atoms with Gasteiger partial charge in [0.2, 0.25) is 0 Å². The fourth-order valence-corrected chi connectivity index (χ4v) is 1.68. The Hall–Kier alpha value is -1.73. The van der Waals surface area contributed by atoms with E-state index in [0.29, 0.717) is 6.54 Å². The lowest BCUT2D eigenvalue weighted by Gasteiger charge is -2.15. The molecule has 0 radical (unpaired) electrons. The standard InChI is InChI=1S/C11H19N7/c1-16(9-11-13-3-4-17(11)2)5-6-18-8-10(7-12)14-15-18/h3-4,8H,5-7,9,12H2,1-2H3. The third-order valence-electron chi connectivity index (χ3n) is 2.84. The Morgan fingerprint density at radius 2 is 2.28 bits per heavy atom. The molecular weight excluding hydrogens is 230 g/mol. The van der Waals surface area contributed by atoms with Gasteiger partial charge in [0.1, 0.15) is 5.82 Å². The number of nitrogens with zero attached hydrogens (tertiary/aromatic N) is 6. The van der Waals surface area contributed by atoms with Crippen LogP contribution in [0.4, 0.5) is 0 Å². The monoisotopic (exact) mass is 249 g/mol. The van der Waals surface area contributed by atoms with Crippen LogP contribution in [0.1, 0.15) is 11.5 Å². The molecule has 7 heteroatoms. The van der Waals surface area contributed by atoms with Gasteiger partial charge in [-0.15, -0.1) is 5.10 Å². The lowest BCUT2D eigenvalue weighted by molar-refractivity contribution is 0.294. The van der Waals surface area contributed by atoms with E-state index in [1.54, 1.807) is 0 Å². The SMILES string of the molecule is CN(CCn1cc(CN)nn1)Cc1nccn1C. The van der Waals surface area contributed by atoms with Crippen molar-refractivity contribution in [2.45, 2.75) is 19.6 Å². The van der Waals surface area contributed by atoms with Crippen molar-refractivity contribution < 1.29 is 0 Å². The van der Waals surface area contributed by atoms with Gasteiger partial charge >= 0.3 is 0 Å². The van der Waals surface area contributed by atoms with Crippen LogP contribution in [0.2, 0.25) is 0 Å². The van der Waals surface area contributed by atoms with Crippen LogP contribution in [0.15, 0.2) is 18.6 Å². The molecule has 0 bridgehead atoms. The normalized spacial score (nSPS) is 11.3. The minimum absolute atomic E-state index is 0.434. The highest BCUT2D eigenvalue weighted by Gasteiger charge is 2.05. The zero-order valence-electron chi connectivity index (χ0n) is 10.8. The first-order valence-electron chi connectivity index (χ1n) is 5.93. The Morgan fingerprint density at radius 1 is 1.44 bits per heavy atom. The van der Waals surface area contributed by atoms with Gasteiger partial charge in [0.25, 0.3) is 0 Å². The largest absolute Gasteiger partial charge is 0.337 e. The van der Waals surface area contributed by atoms with Crippen LogP contribution in [0.5, 0.6) is 0 Å². The van der Waals surface area contributed by atoms with Gasteiger partial charge in [0, 0.05) is 38.7 Å². The quantitative estimate of drug-likeness (QED) is 0.754. The van der Waals surface area contributed by atoms with Gasteiger partial charge in [-0.1, -0.05) is 5.21 Å². The van der Waals surface area contributed by atoms with Crippen molar-refractivity contribution in [3.63, 3.8) is 0 Å². The smallest absolute Gasteiger partial charge is 0.122 e. The molecule has 0 saturated heterocycles. The summed E-state index contributed by atoms with van der Waals surface area (Å²) in [6.07, 6.45) is 5.65. The summed E-state index contributed by atoms with van der Waals surface area (Å²) in [6, 6.07) is 0. The van der Waals surface area contributed by atoms with Gasteiger partial charge < -0.3 is 10.3 Å². The average Bonchev–Trinajstić information content (AvgIpc) is 2.97. The number of imidazole rings is 1. The fourth-order valence-electron chi connectivity index (χ4n) is 1.68. The number of nitrogens with two attached hydrogens (primary N) is 1. The Morgan fingerprint density at radius 3 is 2.89 bits per heavy atom. The van der Waals surface area contributed by atoms with E-state index in [-0.39, 0.29) is 0 Å². The van der Waals surface area contributed by atoms with Crippen molar-refractivity contribution in [3.8, 4) is 0 Å². The average molecular weight is 249 g/mol. The molecule has 2 N–H and O–H groups in total. The van der Waals surface area contributed by atoms with Crippen LogP contribution >= 0.6 is 0 Å². The summed E-state index contributed by atoms with van der Waals surface area (Å²) in [7, 11) is 4.07. The first-order valence-corrected chi connectivity index (χ1v) is 5.93. The zero-order chi connectivity index (χ0) is 13.0. The predicted octanol–water partition coefficient (Wildman–Crippen LogP) is -0.398. The third kappa shape index (κ3) is 3.14. The van der Waals surface area contributed by atoms with Gasteiger partial charge in [-0.25, -0.2) is 4.98 Å². The van der Waals surface area contributed by atoms with Crippen molar-refractivity contribution in [3.05, 3.63) is 30.1 Å². The van der Waals surface area contributed by atoms with E-state index in [1.165, 1.54) is 0 Å². The number of hydrogen-bond acceptors (Lipinski definition) is 5. The highest BCUT2D eigenvalue weighted by Crippen LogP contribution is 1.99. The minimum Gasteiger partial charge on any atom is -0.337 e. The second-order valence-electron chi connectivity index (χ2n) is 4.37. The second-order valence-corrected chi connectivity index (χ2v) is 4.37. The molecule has 2 heterocycles. The van der Waals surface area contributed by atoms with Crippen LogP contribution in [0, 0.1) is 0 Å². The molecule has 0 amide bonds. The van der Waals surface area contributed by atoms with Gasteiger partial charge in [-0.2, -0.15) is 0 Å². The molecule has 7 nitrogen and oxygen atoms in total. The summed E-state index contributed by atoms with van der Waals surface area (Å²) < 4.78 is 3.84. The van der Waals surface area contributed by atoms with E-state index in [2.05, 4.69) is 27.2 Å². The van der Waals surface area contributed by atoms with E-state index in [9.17, 15) is 0 Å². The summed E-state index contributed by atoms with van der Waals surface area (Å²) in [6.45, 7) is 2.94. The molecule has 2 aromatic heterocycles. The number of rotatable bonds is 6. The molecule has 0 saturated carbocycles. The van der Waals surface area contributed by atoms with Gasteiger partial charge in [0.05, 0.1) is 18.8 Å². The fraction of sp³-hybridized carbons (Fsp3) is 0.545. The Balaban J connectivity index is 1.81. The second kappa shape index (κ2) is 5.74. The Bertz CT molecular complexity index is 487. The predicted molar refractivity (Wildman–Crippen MR) is 67.5 cm³/mol. The van der Waals surface area contributed by atoms with Crippen LogP contribution in [0.3, 0.4) is 0 Å². The van der Waals surface area contributed by atoms with Crippen molar-refractivity contribution in [2.24, 2.45) is 12.8 Å². The summed E-state index contributed by atoms with van der Waals surface area (Å²) in [5.74, 6) is 1.05. The van der Waals surface area contributed by atoms with Gasteiger partial charge in [-0.05, 0) is 7.05 Å². The summed E-state index contributed by atoms with van der Waals surface area (Å²) in [4.78, 5) is 6.50. The maximum Gasteiger partial charge on any atom is 0.122 e. The molecule has 2 aromatic rings. The lowest BCUT2D eigenvalue weighted by Crippen LogP contribution is -2.24. The van der Waals surface area contributed by atoms with E-state index >= 15 is 0 Å². The molecular formula is C11H19N7. The molecule has 98 valence electrons. The molecule has 0 aliphatic carbocycles. The maximum atomic E-state index is 5.49. The number of aryl methyl sites for hydroxylation is 1. The molecule has 2 rings (SSSR count). The van der Waals surface area contributed by atoms with Crippen molar-refractivity contribution in [1.29, 1.82) is 0 Å². The molecule has 0 fully saturated rings. The van der Waals surface area contributed by atoms with Crippen molar-refractivity contribution in [1.82, 2.24) is 29.4 Å². The third-order valence-corrected chi connectivity index (χ3v) is 2.84. The Labute approximate surface area is 106 Å². The van der Waals surface area contributed by atoms with Crippen LogP contribution in [-0.2, 0) is 26.7 Å². The maximum absolute atomic E-state index is 5.49. The molecule has 18 heavy (non-hydrogen) atoms. The first kappa shape index (κ1) is 12.7. The number of aromatic nitrogens is 5. The minimum atomic E-state index is 0.434. The van der Waals surface area contributed by atoms with Crippen LogP contribution in [-0.4, -0.2) is 43.0 Å². The molecule has 0 atom stereocenters. The first-order chi connectivity index (χ1) is 8.69. The van der Waals surface area contributed by atoms with Crippen LogP contribution in [0.25, 0.3) is 0 Å². The number of hydrogen-bond donors (Lipinski definition) is 1. The van der Waals surface area contributed by atoms with E-state index in [1.807, 2.05) is 34.9 Å². The van der Waals surface area contributed by atoms with E-state index in [0.717, 1.165) is 31.2 Å². The van der Waals surface area contributed by atoms with E-state index in [4.69, 9.17) is 5.73 Å². The highest BCUT2D eigenvalue weighted by molar-refractivity contribution is 4.91.